The number of aliphatic hydroxyl groups is 1. The van der Waals surface area contributed by atoms with Gasteiger partial charge in [-0.1, -0.05) is 32.1 Å². The van der Waals surface area contributed by atoms with Gasteiger partial charge in [-0.3, -0.25) is 0 Å². The number of hydrogen-bond donors (Lipinski definition) is 2. The highest BCUT2D eigenvalue weighted by Crippen LogP contribution is 2.59. The zero-order chi connectivity index (χ0) is 18.6. The summed E-state index contributed by atoms with van der Waals surface area (Å²) in [5.41, 5.74) is 1.81. The number of benzene rings is 1. The third-order valence-electron chi connectivity index (χ3n) is 5.91. The van der Waals surface area contributed by atoms with Gasteiger partial charge in [-0.2, -0.15) is 0 Å². The Morgan fingerprint density at radius 2 is 2.15 bits per heavy atom. The van der Waals surface area contributed by atoms with Crippen LogP contribution in [0.15, 0.2) is 35.9 Å². The number of para-hydroxylation sites is 1. The van der Waals surface area contributed by atoms with Crippen LogP contribution >= 0.6 is 0 Å². The molecule has 0 unspecified atom stereocenters. The van der Waals surface area contributed by atoms with Crippen molar-refractivity contribution in [3.05, 3.63) is 41.7 Å². The standard InChI is InChI=1S/C21H30FNO3/c1-21(2)16-8-7-15(18(21)11-16)13-25-14-17(24)12-23-9-10-26-20-6-4-3-5-19(20)22/h3-7,16-18,23-24H,8-14H2,1-2H3/t16-,17-,18+/m0/s1. The molecule has 1 fully saturated rings. The SMILES string of the molecule is CC1(C)[C@H]2CC=C(COC[C@@H](O)CNCCOc3ccccc3F)[C@H]1C2. The summed E-state index contributed by atoms with van der Waals surface area (Å²) < 4.78 is 24.5. The van der Waals surface area contributed by atoms with Gasteiger partial charge in [0.25, 0.3) is 0 Å². The Morgan fingerprint density at radius 3 is 2.88 bits per heavy atom. The highest BCUT2D eigenvalue weighted by molar-refractivity contribution is 5.24. The van der Waals surface area contributed by atoms with E-state index in [9.17, 15) is 9.50 Å². The number of allylic oxidation sites excluding steroid dienone is 1. The lowest BCUT2D eigenvalue weighted by Crippen LogP contribution is -2.48. The first-order valence-corrected chi connectivity index (χ1v) is 9.51. The lowest BCUT2D eigenvalue weighted by molar-refractivity contribution is -0.0235. The van der Waals surface area contributed by atoms with Gasteiger partial charge in [0.05, 0.1) is 19.3 Å². The maximum Gasteiger partial charge on any atom is 0.165 e. The molecule has 0 amide bonds. The highest BCUT2D eigenvalue weighted by atomic mass is 19.1. The molecule has 0 spiro atoms. The molecule has 0 aromatic heterocycles. The van der Waals surface area contributed by atoms with Crippen LogP contribution in [0, 0.1) is 23.1 Å². The van der Waals surface area contributed by atoms with Crippen LogP contribution < -0.4 is 10.1 Å². The van der Waals surface area contributed by atoms with E-state index < -0.39 is 6.10 Å². The fourth-order valence-electron chi connectivity index (χ4n) is 4.08. The molecule has 0 aliphatic heterocycles. The smallest absolute Gasteiger partial charge is 0.165 e. The Morgan fingerprint density at radius 1 is 1.35 bits per heavy atom. The number of aliphatic hydroxyl groups excluding tert-OH is 1. The zero-order valence-corrected chi connectivity index (χ0v) is 15.7. The predicted octanol–water partition coefficient (Wildman–Crippen LogP) is 3.16. The number of fused-ring (bicyclic) bond motifs is 1. The maximum atomic E-state index is 13.4. The molecule has 26 heavy (non-hydrogen) atoms. The summed E-state index contributed by atoms with van der Waals surface area (Å²) in [6.45, 7) is 6.94. The van der Waals surface area contributed by atoms with Crippen molar-refractivity contribution in [1.29, 1.82) is 0 Å². The summed E-state index contributed by atoms with van der Waals surface area (Å²) >= 11 is 0. The van der Waals surface area contributed by atoms with Crippen molar-refractivity contribution in [3.63, 3.8) is 0 Å². The Labute approximate surface area is 155 Å². The first kappa shape index (κ1) is 19.3. The number of rotatable bonds is 10. The fourth-order valence-corrected chi connectivity index (χ4v) is 4.08. The lowest BCUT2D eigenvalue weighted by atomic mass is 9.49. The Balaban J connectivity index is 1.25. The van der Waals surface area contributed by atoms with Crippen molar-refractivity contribution in [1.82, 2.24) is 5.32 Å². The van der Waals surface area contributed by atoms with Gasteiger partial charge in [-0.15, -0.1) is 0 Å². The summed E-state index contributed by atoms with van der Waals surface area (Å²) in [6, 6.07) is 6.34. The van der Waals surface area contributed by atoms with Gasteiger partial charge >= 0.3 is 0 Å². The van der Waals surface area contributed by atoms with Crippen LogP contribution in [-0.2, 0) is 4.74 Å². The largest absolute Gasteiger partial charge is 0.489 e. The maximum absolute atomic E-state index is 13.4. The van der Waals surface area contributed by atoms with Crippen LogP contribution in [0.4, 0.5) is 4.39 Å². The Kier molecular flexibility index (Phi) is 6.33. The third-order valence-corrected chi connectivity index (χ3v) is 5.91. The van der Waals surface area contributed by atoms with Crippen molar-refractivity contribution < 1.29 is 19.0 Å². The van der Waals surface area contributed by atoms with Crippen LogP contribution in [0.1, 0.15) is 26.7 Å². The van der Waals surface area contributed by atoms with E-state index in [4.69, 9.17) is 9.47 Å². The van der Waals surface area contributed by atoms with Crippen molar-refractivity contribution in [2.45, 2.75) is 32.8 Å². The van der Waals surface area contributed by atoms with Crippen molar-refractivity contribution in [3.8, 4) is 5.75 Å². The van der Waals surface area contributed by atoms with E-state index in [1.54, 1.807) is 18.2 Å². The summed E-state index contributed by atoms with van der Waals surface area (Å²) in [5.74, 6) is 1.36. The second-order valence-corrected chi connectivity index (χ2v) is 7.97. The van der Waals surface area contributed by atoms with Gasteiger partial charge in [0.15, 0.2) is 11.6 Å². The first-order valence-electron chi connectivity index (χ1n) is 9.51. The van der Waals surface area contributed by atoms with E-state index in [1.807, 2.05) is 0 Å². The molecule has 5 heteroatoms. The Hall–Kier alpha value is -1.43. The summed E-state index contributed by atoms with van der Waals surface area (Å²) in [7, 11) is 0. The monoisotopic (exact) mass is 363 g/mol. The van der Waals surface area contributed by atoms with E-state index in [1.165, 1.54) is 18.1 Å². The van der Waals surface area contributed by atoms with Gasteiger partial charge in [-0.05, 0) is 47.8 Å². The third kappa shape index (κ3) is 4.45. The number of hydrogen-bond acceptors (Lipinski definition) is 4. The zero-order valence-electron chi connectivity index (χ0n) is 15.7. The van der Waals surface area contributed by atoms with Crippen molar-refractivity contribution in [2.24, 2.45) is 17.3 Å². The second-order valence-electron chi connectivity index (χ2n) is 7.97. The van der Waals surface area contributed by atoms with E-state index in [0.717, 1.165) is 12.3 Å². The van der Waals surface area contributed by atoms with Crippen LogP contribution in [0.3, 0.4) is 0 Å². The molecule has 3 atom stereocenters. The highest BCUT2D eigenvalue weighted by Gasteiger charge is 2.50. The van der Waals surface area contributed by atoms with E-state index >= 15 is 0 Å². The van der Waals surface area contributed by atoms with Crippen LogP contribution in [0.25, 0.3) is 0 Å². The average molecular weight is 363 g/mol. The molecule has 4 nitrogen and oxygen atoms in total. The Bertz CT molecular complexity index is 631. The molecule has 4 rings (SSSR count). The van der Waals surface area contributed by atoms with Gasteiger partial charge in [0.2, 0.25) is 0 Å². The molecule has 0 heterocycles. The summed E-state index contributed by atoms with van der Waals surface area (Å²) in [6.07, 6.45) is 4.21. The van der Waals surface area contributed by atoms with Gasteiger partial charge in [0.1, 0.15) is 6.61 Å². The molecule has 0 saturated heterocycles. The molecule has 2 N–H and O–H groups in total. The van der Waals surface area contributed by atoms with E-state index in [2.05, 4.69) is 25.2 Å². The minimum Gasteiger partial charge on any atom is -0.489 e. The molecule has 144 valence electrons. The molecule has 1 saturated carbocycles. The van der Waals surface area contributed by atoms with Crippen LogP contribution in [0.5, 0.6) is 5.75 Å². The minimum atomic E-state index is -0.560. The normalized spacial score (nSPS) is 24.5. The van der Waals surface area contributed by atoms with Crippen LogP contribution in [0.2, 0.25) is 0 Å². The van der Waals surface area contributed by atoms with Crippen LogP contribution in [-0.4, -0.2) is 44.1 Å². The quantitative estimate of drug-likeness (QED) is 0.495. The van der Waals surface area contributed by atoms with Gasteiger partial charge in [-0.25, -0.2) is 4.39 Å². The molecule has 3 aliphatic rings. The first-order chi connectivity index (χ1) is 12.5. The van der Waals surface area contributed by atoms with E-state index in [-0.39, 0.29) is 11.6 Å². The topological polar surface area (TPSA) is 50.7 Å². The second kappa shape index (κ2) is 8.51. The molecule has 3 aliphatic carbocycles. The molecular formula is C21H30FNO3. The van der Waals surface area contributed by atoms with Crippen molar-refractivity contribution >= 4 is 0 Å². The molecule has 1 aromatic rings. The van der Waals surface area contributed by atoms with Gasteiger partial charge in [0, 0.05) is 13.1 Å². The predicted molar refractivity (Wildman–Crippen MR) is 99.7 cm³/mol. The molecular weight excluding hydrogens is 333 g/mol. The molecule has 2 bridgehead atoms. The molecule has 0 radical (unpaired) electrons. The van der Waals surface area contributed by atoms with E-state index in [0.29, 0.717) is 44.2 Å². The summed E-state index contributed by atoms with van der Waals surface area (Å²) in [5, 5.41) is 13.1. The minimum absolute atomic E-state index is 0.250. The van der Waals surface area contributed by atoms with Crippen molar-refractivity contribution in [2.75, 3.05) is 32.9 Å². The number of nitrogens with one attached hydrogen (secondary N) is 1. The molecule has 1 aromatic carbocycles. The summed E-state index contributed by atoms with van der Waals surface area (Å²) in [4.78, 5) is 0. The van der Waals surface area contributed by atoms with Gasteiger partial charge < -0.3 is 19.9 Å². The average Bonchev–Trinajstić information content (AvgIpc) is 2.63. The lowest BCUT2D eigenvalue weighted by Gasteiger charge is -2.56. The number of ether oxygens (including phenoxy) is 2. The number of halogens is 1. The fraction of sp³-hybridized carbons (Fsp3) is 0.619.